The lowest BCUT2D eigenvalue weighted by atomic mass is 9.82. The highest BCUT2D eigenvalue weighted by Crippen LogP contribution is 2.54. The molecule has 0 spiro atoms. The molecular weight excluding hydrogens is 653 g/mol. The van der Waals surface area contributed by atoms with E-state index in [4.69, 9.17) is 0 Å². The minimum atomic E-state index is -0.216. The molecule has 10 rings (SSSR count). The normalized spacial score (nSPS) is 14.2. The Labute approximate surface area is 318 Å². The average Bonchev–Trinajstić information content (AvgIpc) is 3.57. The summed E-state index contributed by atoms with van der Waals surface area (Å²) < 4.78 is 0. The summed E-state index contributed by atoms with van der Waals surface area (Å²) in [5.74, 6) is 0. The first kappa shape index (κ1) is 32.3. The van der Waals surface area contributed by atoms with E-state index in [9.17, 15) is 0 Å². The maximum absolute atomic E-state index is 2.46. The third kappa shape index (κ3) is 4.94. The molecule has 0 heterocycles. The molecule has 0 saturated carbocycles. The van der Waals surface area contributed by atoms with Crippen LogP contribution in [-0.4, -0.2) is 0 Å². The van der Waals surface area contributed by atoms with Crippen LogP contribution in [-0.2, 0) is 10.8 Å². The van der Waals surface area contributed by atoms with E-state index < -0.39 is 0 Å². The van der Waals surface area contributed by atoms with Crippen molar-refractivity contribution in [3.8, 4) is 22.3 Å². The van der Waals surface area contributed by atoms with Crippen molar-refractivity contribution in [1.29, 1.82) is 0 Å². The smallest absolute Gasteiger partial charge is 0.0468 e. The van der Waals surface area contributed by atoms with E-state index in [2.05, 4.69) is 219 Å². The SMILES string of the molecule is CC1(C)c2ccccc2-c2ccc(N(c3ccc4c(c3)C(C)(C)c3cc(N(c5ccccc5)c5ccccc5)ccc3-4)c3ccc4ccccc4c3)cc21. The van der Waals surface area contributed by atoms with Crippen LogP contribution in [0.4, 0.5) is 34.1 Å². The number of rotatable bonds is 6. The first-order valence-corrected chi connectivity index (χ1v) is 19.0. The second-order valence-corrected chi connectivity index (χ2v) is 15.9. The Hall–Kier alpha value is -6.38. The Morgan fingerprint density at radius 1 is 0.278 bits per heavy atom. The van der Waals surface area contributed by atoms with Crippen molar-refractivity contribution in [3.63, 3.8) is 0 Å². The maximum Gasteiger partial charge on any atom is 0.0468 e. The van der Waals surface area contributed by atoms with Crippen molar-refractivity contribution in [2.75, 3.05) is 9.80 Å². The molecule has 0 fully saturated rings. The van der Waals surface area contributed by atoms with Gasteiger partial charge in [-0.1, -0.05) is 137 Å². The molecule has 0 atom stereocenters. The second-order valence-electron chi connectivity index (χ2n) is 15.9. The van der Waals surface area contributed by atoms with Crippen LogP contribution in [0.2, 0.25) is 0 Å². The number of benzene rings is 8. The van der Waals surface area contributed by atoms with Gasteiger partial charge in [-0.2, -0.15) is 0 Å². The molecule has 54 heavy (non-hydrogen) atoms. The van der Waals surface area contributed by atoms with Crippen molar-refractivity contribution in [1.82, 2.24) is 0 Å². The zero-order chi connectivity index (χ0) is 36.6. The van der Waals surface area contributed by atoms with Gasteiger partial charge in [0.25, 0.3) is 0 Å². The van der Waals surface area contributed by atoms with Gasteiger partial charge in [0, 0.05) is 45.0 Å². The van der Waals surface area contributed by atoms with Crippen molar-refractivity contribution in [2.45, 2.75) is 38.5 Å². The number of hydrogen-bond acceptors (Lipinski definition) is 2. The lowest BCUT2D eigenvalue weighted by Crippen LogP contribution is -2.18. The van der Waals surface area contributed by atoms with Gasteiger partial charge in [0.15, 0.2) is 0 Å². The zero-order valence-corrected chi connectivity index (χ0v) is 31.2. The summed E-state index contributed by atoms with van der Waals surface area (Å²) in [6.45, 7) is 9.50. The molecule has 0 unspecified atom stereocenters. The Morgan fingerprint density at radius 3 is 1.19 bits per heavy atom. The Kier molecular flexibility index (Phi) is 7.22. The Morgan fingerprint density at radius 2 is 0.648 bits per heavy atom. The van der Waals surface area contributed by atoms with Crippen LogP contribution in [0.1, 0.15) is 49.9 Å². The molecule has 260 valence electrons. The highest BCUT2D eigenvalue weighted by molar-refractivity contribution is 5.93. The van der Waals surface area contributed by atoms with Crippen LogP contribution < -0.4 is 9.80 Å². The van der Waals surface area contributed by atoms with Gasteiger partial charge in [-0.05, 0) is 128 Å². The van der Waals surface area contributed by atoms with Gasteiger partial charge in [-0.15, -0.1) is 0 Å². The van der Waals surface area contributed by atoms with Crippen molar-refractivity contribution < 1.29 is 0 Å². The minimum Gasteiger partial charge on any atom is -0.310 e. The van der Waals surface area contributed by atoms with Crippen LogP contribution in [0.3, 0.4) is 0 Å². The van der Waals surface area contributed by atoms with Gasteiger partial charge in [-0.25, -0.2) is 0 Å². The highest BCUT2D eigenvalue weighted by Gasteiger charge is 2.38. The van der Waals surface area contributed by atoms with Crippen LogP contribution in [0.25, 0.3) is 33.0 Å². The fourth-order valence-corrected chi connectivity index (χ4v) is 9.19. The van der Waals surface area contributed by atoms with Gasteiger partial charge in [0.2, 0.25) is 0 Å². The summed E-state index contributed by atoms with van der Waals surface area (Å²) in [6.07, 6.45) is 0. The highest BCUT2D eigenvalue weighted by atomic mass is 15.1. The number of anilines is 6. The number of fused-ring (bicyclic) bond motifs is 7. The topological polar surface area (TPSA) is 6.48 Å². The third-order valence-corrected chi connectivity index (χ3v) is 12.0. The molecule has 2 aliphatic carbocycles. The summed E-state index contributed by atoms with van der Waals surface area (Å²) in [6, 6.07) is 67.0. The second kappa shape index (κ2) is 12.1. The maximum atomic E-state index is 2.46. The molecule has 0 amide bonds. The number of nitrogens with zero attached hydrogens (tertiary/aromatic N) is 2. The molecule has 8 aromatic carbocycles. The van der Waals surface area contributed by atoms with Crippen LogP contribution in [0.15, 0.2) is 182 Å². The molecule has 0 radical (unpaired) electrons. The predicted octanol–water partition coefficient (Wildman–Crippen LogP) is 14.4. The average molecular weight is 695 g/mol. The summed E-state index contributed by atoms with van der Waals surface area (Å²) >= 11 is 0. The van der Waals surface area contributed by atoms with E-state index in [0.29, 0.717) is 0 Å². The lowest BCUT2D eigenvalue weighted by molar-refractivity contribution is 0.660. The summed E-state index contributed by atoms with van der Waals surface area (Å²) in [7, 11) is 0. The van der Waals surface area contributed by atoms with Crippen LogP contribution in [0, 0.1) is 0 Å². The fraction of sp³-hybridized carbons (Fsp3) is 0.115. The first-order valence-electron chi connectivity index (χ1n) is 19.0. The van der Waals surface area contributed by atoms with Crippen LogP contribution in [0.5, 0.6) is 0 Å². The standard InChI is InChI=1S/C52H42N2/c1-51(2)47-22-14-13-21-43(47)44-28-26-41(33-48(44)51)54(39-24-23-35-15-11-12-16-36(35)31-39)42-27-30-46-45-29-25-40(32-49(45)52(3,4)50(46)34-42)53(37-17-7-5-8-18-37)38-19-9-6-10-20-38/h5-34H,1-4H3. The predicted molar refractivity (Wildman–Crippen MR) is 228 cm³/mol. The van der Waals surface area contributed by atoms with Crippen molar-refractivity contribution >= 4 is 44.9 Å². The monoisotopic (exact) mass is 694 g/mol. The van der Waals surface area contributed by atoms with Gasteiger partial charge >= 0.3 is 0 Å². The van der Waals surface area contributed by atoms with E-state index >= 15 is 0 Å². The summed E-state index contributed by atoms with van der Waals surface area (Å²) in [5, 5.41) is 2.48. The largest absolute Gasteiger partial charge is 0.310 e. The molecule has 8 aromatic rings. The molecule has 0 bridgehead atoms. The molecule has 0 N–H and O–H groups in total. The molecule has 2 aliphatic rings. The van der Waals surface area contributed by atoms with Crippen LogP contribution >= 0.6 is 0 Å². The van der Waals surface area contributed by atoms with E-state index in [0.717, 1.165) is 28.4 Å². The minimum absolute atomic E-state index is 0.0936. The molecule has 0 aromatic heterocycles. The molecular formula is C52H42N2. The molecule has 2 nitrogen and oxygen atoms in total. The van der Waals surface area contributed by atoms with Gasteiger partial charge in [-0.3, -0.25) is 0 Å². The van der Waals surface area contributed by atoms with Gasteiger partial charge in [0.05, 0.1) is 0 Å². The van der Waals surface area contributed by atoms with E-state index in [1.807, 2.05) is 0 Å². The van der Waals surface area contributed by atoms with E-state index in [-0.39, 0.29) is 10.8 Å². The van der Waals surface area contributed by atoms with E-state index in [1.165, 1.54) is 61.0 Å². The van der Waals surface area contributed by atoms with Crippen molar-refractivity contribution in [3.05, 3.63) is 204 Å². The number of hydrogen-bond donors (Lipinski definition) is 0. The fourth-order valence-electron chi connectivity index (χ4n) is 9.19. The van der Waals surface area contributed by atoms with Crippen molar-refractivity contribution in [2.24, 2.45) is 0 Å². The van der Waals surface area contributed by atoms with E-state index in [1.54, 1.807) is 0 Å². The summed E-state index contributed by atoms with van der Waals surface area (Å²) in [5.41, 5.74) is 17.4. The lowest BCUT2D eigenvalue weighted by Gasteiger charge is -2.30. The Bertz CT molecular complexity index is 2680. The quantitative estimate of drug-likeness (QED) is 0.171. The Balaban J connectivity index is 1.11. The van der Waals surface area contributed by atoms with Gasteiger partial charge < -0.3 is 9.80 Å². The zero-order valence-electron chi connectivity index (χ0n) is 31.2. The molecule has 0 saturated heterocycles. The van der Waals surface area contributed by atoms with Gasteiger partial charge in [0.1, 0.15) is 0 Å². The molecule has 0 aliphatic heterocycles. The summed E-state index contributed by atoms with van der Waals surface area (Å²) in [4.78, 5) is 4.82. The molecule has 2 heteroatoms. The third-order valence-electron chi connectivity index (χ3n) is 12.0. The first-order chi connectivity index (χ1) is 26.3. The number of para-hydroxylation sites is 2.